The van der Waals surface area contributed by atoms with Crippen molar-refractivity contribution in [2.45, 2.75) is 51.6 Å². The third kappa shape index (κ3) is 5.50. The monoisotopic (exact) mass is 243 g/mol. The fraction of sp³-hybridized carbons (Fsp3) is 0.923. The highest BCUT2D eigenvalue weighted by molar-refractivity contribution is 5.76. The first-order chi connectivity index (χ1) is 8.06. The number of hydrogen-bond acceptors (Lipinski definition) is 3. The lowest BCUT2D eigenvalue weighted by Crippen LogP contribution is -2.45. The van der Waals surface area contributed by atoms with Crippen LogP contribution in [0.5, 0.6) is 0 Å². The third-order valence-electron chi connectivity index (χ3n) is 3.50. The molecular weight excluding hydrogens is 218 g/mol. The van der Waals surface area contributed by atoms with Gasteiger partial charge in [-0.3, -0.25) is 4.79 Å². The number of amides is 1. The minimum atomic E-state index is -0.687. The number of aliphatic hydroxyl groups is 1. The van der Waals surface area contributed by atoms with Crippen LogP contribution in [0.15, 0.2) is 0 Å². The Hall–Kier alpha value is -0.610. The van der Waals surface area contributed by atoms with E-state index in [1.54, 1.807) is 0 Å². The largest absolute Gasteiger partial charge is 0.388 e. The van der Waals surface area contributed by atoms with Crippen molar-refractivity contribution in [3.8, 4) is 0 Å². The summed E-state index contributed by atoms with van der Waals surface area (Å²) < 4.78 is 5.11. The number of hydrogen-bond donors (Lipinski definition) is 2. The summed E-state index contributed by atoms with van der Waals surface area (Å²) in [6.07, 6.45) is 4.05. The SMILES string of the molecule is CCOCCC(=O)NCC1(O)CCC(C)CC1. The zero-order valence-corrected chi connectivity index (χ0v) is 11.0. The van der Waals surface area contributed by atoms with Gasteiger partial charge in [-0.1, -0.05) is 6.92 Å². The van der Waals surface area contributed by atoms with Gasteiger partial charge in [-0.05, 0) is 38.5 Å². The number of carbonyl (C=O) groups excluding carboxylic acids is 1. The second-order valence-electron chi connectivity index (χ2n) is 5.13. The maximum absolute atomic E-state index is 11.5. The molecule has 1 saturated carbocycles. The Morgan fingerprint density at radius 3 is 2.71 bits per heavy atom. The minimum Gasteiger partial charge on any atom is -0.388 e. The third-order valence-corrected chi connectivity index (χ3v) is 3.50. The van der Waals surface area contributed by atoms with E-state index in [-0.39, 0.29) is 5.91 Å². The summed E-state index contributed by atoms with van der Waals surface area (Å²) in [6, 6.07) is 0. The second-order valence-corrected chi connectivity index (χ2v) is 5.13. The van der Waals surface area contributed by atoms with Gasteiger partial charge in [0.15, 0.2) is 0 Å². The molecule has 1 aliphatic rings. The van der Waals surface area contributed by atoms with Crippen molar-refractivity contribution < 1.29 is 14.6 Å². The predicted octanol–water partition coefficient (Wildman–Crippen LogP) is 1.47. The standard InChI is InChI=1S/C13H25NO3/c1-3-17-9-6-12(15)14-10-13(16)7-4-11(2)5-8-13/h11,16H,3-10H2,1-2H3,(H,14,15). The van der Waals surface area contributed by atoms with Gasteiger partial charge in [-0.15, -0.1) is 0 Å². The molecule has 0 aromatic rings. The summed E-state index contributed by atoms with van der Waals surface area (Å²) in [5.74, 6) is 0.662. The van der Waals surface area contributed by atoms with Gasteiger partial charge in [-0.25, -0.2) is 0 Å². The lowest BCUT2D eigenvalue weighted by Gasteiger charge is -2.34. The van der Waals surface area contributed by atoms with Crippen molar-refractivity contribution >= 4 is 5.91 Å². The van der Waals surface area contributed by atoms with E-state index in [2.05, 4.69) is 12.2 Å². The van der Waals surface area contributed by atoms with Crippen LogP contribution in [0.1, 0.15) is 46.0 Å². The summed E-state index contributed by atoms with van der Waals surface area (Å²) >= 11 is 0. The number of carbonyl (C=O) groups is 1. The van der Waals surface area contributed by atoms with Crippen molar-refractivity contribution in [2.75, 3.05) is 19.8 Å². The van der Waals surface area contributed by atoms with Crippen LogP contribution in [0, 0.1) is 5.92 Å². The van der Waals surface area contributed by atoms with E-state index >= 15 is 0 Å². The molecular formula is C13H25NO3. The molecule has 0 aromatic heterocycles. The van der Waals surface area contributed by atoms with Gasteiger partial charge in [0.1, 0.15) is 0 Å². The highest BCUT2D eigenvalue weighted by Gasteiger charge is 2.31. The van der Waals surface area contributed by atoms with Gasteiger partial charge in [0.05, 0.1) is 12.2 Å². The average Bonchev–Trinajstić information content (AvgIpc) is 2.32. The Morgan fingerprint density at radius 1 is 1.47 bits per heavy atom. The zero-order valence-electron chi connectivity index (χ0n) is 11.0. The van der Waals surface area contributed by atoms with Crippen LogP contribution in [0.4, 0.5) is 0 Å². The van der Waals surface area contributed by atoms with Gasteiger partial charge in [0.2, 0.25) is 5.91 Å². The Labute approximate surface area is 104 Å². The lowest BCUT2D eigenvalue weighted by atomic mass is 9.79. The van der Waals surface area contributed by atoms with E-state index in [0.29, 0.717) is 32.1 Å². The summed E-state index contributed by atoms with van der Waals surface area (Å²) in [5.41, 5.74) is -0.687. The van der Waals surface area contributed by atoms with Crippen molar-refractivity contribution in [1.82, 2.24) is 5.32 Å². The van der Waals surface area contributed by atoms with Crippen LogP contribution in [-0.2, 0) is 9.53 Å². The summed E-state index contributed by atoms with van der Waals surface area (Å²) in [6.45, 7) is 5.58. The molecule has 1 aliphatic carbocycles. The van der Waals surface area contributed by atoms with Crippen molar-refractivity contribution in [3.63, 3.8) is 0 Å². The molecule has 0 aromatic carbocycles. The van der Waals surface area contributed by atoms with Gasteiger partial charge < -0.3 is 15.2 Å². The molecule has 2 N–H and O–H groups in total. The number of ether oxygens (including phenoxy) is 1. The van der Waals surface area contributed by atoms with Crippen LogP contribution in [0.3, 0.4) is 0 Å². The van der Waals surface area contributed by atoms with E-state index in [1.165, 1.54) is 0 Å². The van der Waals surface area contributed by atoms with Crippen LogP contribution in [-0.4, -0.2) is 36.4 Å². The highest BCUT2D eigenvalue weighted by atomic mass is 16.5. The first-order valence-corrected chi connectivity index (χ1v) is 6.62. The van der Waals surface area contributed by atoms with E-state index in [4.69, 9.17) is 4.74 Å². The van der Waals surface area contributed by atoms with Crippen LogP contribution in [0.2, 0.25) is 0 Å². The highest BCUT2D eigenvalue weighted by Crippen LogP contribution is 2.31. The Morgan fingerprint density at radius 2 is 2.12 bits per heavy atom. The molecule has 17 heavy (non-hydrogen) atoms. The van der Waals surface area contributed by atoms with Crippen molar-refractivity contribution in [3.05, 3.63) is 0 Å². The Bertz CT molecular complexity index is 235. The first kappa shape index (κ1) is 14.5. The molecule has 0 bridgehead atoms. The molecule has 0 saturated heterocycles. The second kappa shape index (κ2) is 6.97. The molecule has 0 spiro atoms. The van der Waals surface area contributed by atoms with Crippen LogP contribution in [0.25, 0.3) is 0 Å². The van der Waals surface area contributed by atoms with Crippen molar-refractivity contribution in [1.29, 1.82) is 0 Å². The molecule has 1 amide bonds. The summed E-state index contributed by atoms with van der Waals surface area (Å²) in [5, 5.41) is 13.1. The maximum atomic E-state index is 11.5. The van der Waals surface area contributed by atoms with Gasteiger partial charge in [0.25, 0.3) is 0 Å². The van der Waals surface area contributed by atoms with E-state index in [9.17, 15) is 9.90 Å². The molecule has 0 unspecified atom stereocenters. The number of nitrogens with one attached hydrogen (secondary N) is 1. The quantitative estimate of drug-likeness (QED) is 0.695. The normalized spacial score (nSPS) is 29.0. The molecule has 0 heterocycles. The fourth-order valence-electron chi connectivity index (χ4n) is 2.14. The Kier molecular flexibility index (Phi) is 5.92. The van der Waals surface area contributed by atoms with Crippen LogP contribution < -0.4 is 5.32 Å². The average molecular weight is 243 g/mol. The molecule has 0 radical (unpaired) electrons. The van der Waals surface area contributed by atoms with Crippen molar-refractivity contribution in [2.24, 2.45) is 5.92 Å². The van der Waals surface area contributed by atoms with Gasteiger partial charge >= 0.3 is 0 Å². The fourth-order valence-corrected chi connectivity index (χ4v) is 2.14. The van der Waals surface area contributed by atoms with E-state index in [0.717, 1.165) is 25.7 Å². The van der Waals surface area contributed by atoms with Gasteiger partial charge in [0, 0.05) is 19.6 Å². The topological polar surface area (TPSA) is 58.6 Å². The number of rotatable bonds is 6. The molecule has 4 heteroatoms. The minimum absolute atomic E-state index is 0.0366. The molecule has 1 fully saturated rings. The molecule has 0 atom stereocenters. The molecule has 0 aliphatic heterocycles. The smallest absolute Gasteiger partial charge is 0.222 e. The van der Waals surface area contributed by atoms with E-state index < -0.39 is 5.60 Å². The Balaban J connectivity index is 2.18. The van der Waals surface area contributed by atoms with E-state index in [1.807, 2.05) is 6.92 Å². The molecule has 100 valence electrons. The van der Waals surface area contributed by atoms with Gasteiger partial charge in [-0.2, -0.15) is 0 Å². The predicted molar refractivity (Wildman–Crippen MR) is 66.7 cm³/mol. The maximum Gasteiger partial charge on any atom is 0.222 e. The first-order valence-electron chi connectivity index (χ1n) is 6.62. The van der Waals surface area contributed by atoms with Crippen LogP contribution >= 0.6 is 0 Å². The summed E-state index contributed by atoms with van der Waals surface area (Å²) in [4.78, 5) is 11.5. The molecule has 4 nitrogen and oxygen atoms in total. The zero-order chi connectivity index (χ0) is 12.7. The molecule has 1 rings (SSSR count). The summed E-state index contributed by atoms with van der Waals surface area (Å²) in [7, 11) is 0. The lowest BCUT2D eigenvalue weighted by molar-refractivity contribution is -0.123.